The second kappa shape index (κ2) is 13.8. The molecule has 0 atom stereocenters. The predicted octanol–water partition coefficient (Wildman–Crippen LogP) is 11.7. The molecular formula is C44H33IrN3O2-2. The molecule has 0 amide bonds. The second-order valence-corrected chi connectivity index (χ2v) is 12.4. The van der Waals surface area contributed by atoms with Crippen molar-refractivity contribution in [2.75, 3.05) is 4.90 Å². The molecule has 1 radical (unpaired) electrons. The third-order valence-electron chi connectivity index (χ3n) is 8.98. The molecule has 5 nitrogen and oxygen atoms in total. The molecule has 247 valence electrons. The largest absolute Gasteiger partial charge is 0.497 e. The summed E-state index contributed by atoms with van der Waals surface area (Å²) in [4.78, 5) is 11.3. The monoisotopic (exact) mass is 828 g/mol. The van der Waals surface area contributed by atoms with Gasteiger partial charge < -0.3 is 24.3 Å². The van der Waals surface area contributed by atoms with E-state index < -0.39 is 0 Å². The van der Waals surface area contributed by atoms with Crippen LogP contribution in [0.25, 0.3) is 33.6 Å². The van der Waals surface area contributed by atoms with Gasteiger partial charge in [-0.3, -0.25) is 0 Å². The minimum atomic E-state index is 0. The minimum absolute atomic E-state index is 0. The van der Waals surface area contributed by atoms with Gasteiger partial charge in [0.15, 0.2) is 0 Å². The van der Waals surface area contributed by atoms with E-state index in [0.29, 0.717) is 5.75 Å². The van der Waals surface area contributed by atoms with Crippen LogP contribution in [0.4, 0.5) is 17.1 Å². The maximum Gasteiger partial charge on any atom is 0.138 e. The molecule has 4 heterocycles. The summed E-state index contributed by atoms with van der Waals surface area (Å²) in [6.07, 6.45) is 3.73. The van der Waals surface area contributed by atoms with Crippen LogP contribution < -0.4 is 14.4 Å². The molecular weight excluding hydrogens is 795 g/mol. The first-order valence-corrected chi connectivity index (χ1v) is 16.3. The summed E-state index contributed by atoms with van der Waals surface area (Å²) >= 11 is 0. The van der Waals surface area contributed by atoms with Crippen LogP contribution in [0.2, 0.25) is 0 Å². The van der Waals surface area contributed by atoms with E-state index >= 15 is 0 Å². The molecule has 2 aromatic heterocycles. The maximum absolute atomic E-state index is 6.33. The van der Waals surface area contributed by atoms with E-state index in [0.717, 1.165) is 56.8 Å². The maximum atomic E-state index is 6.33. The predicted molar refractivity (Wildman–Crippen MR) is 196 cm³/mol. The second-order valence-electron chi connectivity index (χ2n) is 12.4. The number of nitrogens with zero attached hydrogens (tertiary/aromatic N) is 3. The molecule has 50 heavy (non-hydrogen) atoms. The van der Waals surface area contributed by atoms with Crippen LogP contribution in [0, 0.1) is 39.8 Å². The van der Waals surface area contributed by atoms with Crippen LogP contribution in [0.15, 0.2) is 128 Å². The van der Waals surface area contributed by atoms with Crippen LogP contribution in [0.1, 0.15) is 22.3 Å². The van der Waals surface area contributed by atoms with Gasteiger partial charge in [-0.05, 0) is 90.3 Å². The molecule has 2 aliphatic heterocycles. The fourth-order valence-electron chi connectivity index (χ4n) is 6.20. The number of aryl methyl sites for hydroxylation is 4. The van der Waals surface area contributed by atoms with Crippen LogP contribution in [0.3, 0.4) is 0 Å². The van der Waals surface area contributed by atoms with Crippen molar-refractivity contribution in [3.63, 3.8) is 0 Å². The summed E-state index contributed by atoms with van der Waals surface area (Å²) in [6, 6.07) is 45.3. The Bertz CT molecular complexity index is 2330. The zero-order valence-electron chi connectivity index (χ0n) is 28.1. The molecule has 0 saturated carbocycles. The summed E-state index contributed by atoms with van der Waals surface area (Å²) in [6.45, 7) is 8.48. The number of hydrogen-bond donors (Lipinski definition) is 0. The Labute approximate surface area is 306 Å². The quantitative estimate of drug-likeness (QED) is 0.166. The molecule has 0 N–H and O–H groups in total. The van der Waals surface area contributed by atoms with E-state index in [-0.39, 0.29) is 20.1 Å². The van der Waals surface area contributed by atoms with Crippen LogP contribution in [-0.2, 0) is 20.1 Å². The van der Waals surface area contributed by atoms with Crippen molar-refractivity contribution < 1.29 is 29.6 Å². The molecule has 2 aliphatic rings. The third-order valence-corrected chi connectivity index (χ3v) is 8.98. The Kier molecular flexibility index (Phi) is 9.07. The van der Waals surface area contributed by atoms with Crippen molar-refractivity contribution >= 4 is 17.1 Å². The van der Waals surface area contributed by atoms with Crippen molar-refractivity contribution in [3.8, 4) is 56.6 Å². The van der Waals surface area contributed by atoms with E-state index in [4.69, 9.17) is 9.47 Å². The molecule has 0 saturated heterocycles. The first-order chi connectivity index (χ1) is 23.9. The Morgan fingerprint density at radius 3 is 2.04 bits per heavy atom. The van der Waals surface area contributed by atoms with Crippen molar-refractivity contribution in [1.82, 2.24) is 9.97 Å². The van der Waals surface area contributed by atoms with Crippen molar-refractivity contribution in [2.24, 2.45) is 0 Å². The first kappa shape index (κ1) is 33.0. The fraction of sp³-hybridized carbons (Fsp3) is 0.0909. The van der Waals surface area contributed by atoms with E-state index in [9.17, 15) is 0 Å². The first-order valence-electron chi connectivity index (χ1n) is 16.3. The Morgan fingerprint density at radius 1 is 0.600 bits per heavy atom. The summed E-state index contributed by atoms with van der Waals surface area (Å²) in [5.74, 6) is 3.04. The molecule has 9 rings (SSSR count). The van der Waals surface area contributed by atoms with Gasteiger partial charge in [0.05, 0.1) is 22.9 Å². The molecule has 7 aromatic rings. The number of pyridine rings is 2. The summed E-state index contributed by atoms with van der Waals surface area (Å²) in [5.41, 5.74) is 14.0. The number of hydrogen-bond acceptors (Lipinski definition) is 5. The van der Waals surface area contributed by atoms with Crippen molar-refractivity contribution in [3.05, 3.63) is 162 Å². The zero-order valence-corrected chi connectivity index (χ0v) is 30.5. The number of fused-ring (bicyclic) bond motifs is 4. The average Bonchev–Trinajstić information content (AvgIpc) is 3.14. The zero-order chi connectivity index (χ0) is 33.5. The van der Waals surface area contributed by atoms with Gasteiger partial charge in [-0.25, -0.2) is 0 Å². The van der Waals surface area contributed by atoms with Crippen molar-refractivity contribution in [1.29, 1.82) is 0 Å². The third kappa shape index (κ3) is 6.09. The number of aromatic nitrogens is 2. The van der Waals surface area contributed by atoms with Gasteiger partial charge in [0.25, 0.3) is 0 Å². The van der Waals surface area contributed by atoms with Gasteiger partial charge in [0, 0.05) is 38.2 Å². The number of ether oxygens (including phenoxy) is 2. The normalized spacial score (nSPS) is 11.7. The fourth-order valence-corrected chi connectivity index (χ4v) is 6.20. The minimum Gasteiger partial charge on any atom is -0.497 e. The smallest absolute Gasteiger partial charge is 0.138 e. The number of anilines is 3. The Hall–Kier alpha value is -5.55. The van der Waals surface area contributed by atoms with E-state index in [1.165, 1.54) is 33.4 Å². The molecule has 0 fully saturated rings. The van der Waals surface area contributed by atoms with Gasteiger partial charge >= 0.3 is 0 Å². The van der Waals surface area contributed by atoms with Gasteiger partial charge in [0.2, 0.25) is 0 Å². The van der Waals surface area contributed by atoms with Gasteiger partial charge in [-0.15, -0.1) is 47.5 Å². The van der Waals surface area contributed by atoms with Crippen LogP contribution in [0.5, 0.6) is 23.0 Å². The molecule has 0 unspecified atom stereocenters. The van der Waals surface area contributed by atoms with Crippen LogP contribution in [-0.4, -0.2) is 9.97 Å². The van der Waals surface area contributed by atoms with Crippen LogP contribution >= 0.6 is 0 Å². The standard InChI is InChI=1S/C23H13N2O2.C21H20N.Ir/c1-3-10-19-17(8-1)25-18-9-2-4-11-20(18)27-23-15(16-7-5-6-14-24-16)12-13-21(26-19)22(23)25;1-14-5-8-18(9-6-14)21-12-20(17(4)13-22-21)19-10-7-15(2)16(3)11-19;/h1-11,13-14H;5-8,10-13H,1-4H3;/q2*-1;. The van der Waals surface area contributed by atoms with Crippen molar-refractivity contribution in [2.45, 2.75) is 27.7 Å². The SMILES string of the molecule is Cc1c[c-]c(-c2cc(-c3ccc(C)c(C)c3)c(C)cn2)cc1.[Ir].[c-]1cc2c3c(c1-c1ccccn1)Oc1ccccc1N3c1ccccc1O2. The number of rotatable bonds is 3. The van der Waals surface area contributed by atoms with Gasteiger partial charge in [-0.1, -0.05) is 73.2 Å². The Balaban J connectivity index is 0.000000157. The van der Waals surface area contributed by atoms with Gasteiger partial charge in [-0.2, -0.15) is 0 Å². The average molecular weight is 828 g/mol. The summed E-state index contributed by atoms with van der Waals surface area (Å²) < 4.78 is 12.5. The number of para-hydroxylation sites is 4. The van der Waals surface area contributed by atoms with Gasteiger partial charge in [0.1, 0.15) is 11.5 Å². The molecule has 5 aromatic carbocycles. The molecule has 0 bridgehead atoms. The summed E-state index contributed by atoms with van der Waals surface area (Å²) in [5, 5.41) is 0. The molecule has 6 heteroatoms. The van der Waals surface area contributed by atoms with E-state index in [1.807, 2.05) is 72.9 Å². The topological polar surface area (TPSA) is 47.5 Å². The van der Waals surface area contributed by atoms with E-state index in [1.54, 1.807) is 6.20 Å². The van der Waals surface area contributed by atoms with E-state index in [2.05, 4.69) is 103 Å². The summed E-state index contributed by atoms with van der Waals surface area (Å²) in [7, 11) is 0. The molecule has 0 aliphatic carbocycles. The number of benzene rings is 5. The molecule has 0 spiro atoms. The Morgan fingerprint density at radius 2 is 1.34 bits per heavy atom.